The third-order valence-corrected chi connectivity index (χ3v) is 5.95. The average Bonchev–Trinajstić information content (AvgIpc) is 3.01. The Labute approximate surface area is 171 Å². The molecule has 29 heavy (non-hydrogen) atoms. The summed E-state index contributed by atoms with van der Waals surface area (Å²) in [4.78, 5) is 14.8. The van der Waals surface area contributed by atoms with Gasteiger partial charge in [0.15, 0.2) is 5.43 Å². The van der Waals surface area contributed by atoms with Crippen LogP contribution in [0.5, 0.6) is 11.5 Å². The molecule has 3 aromatic rings. The van der Waals surface area contributed by atoms with Gasteiger partial charge in [-0.1, -0.05) is 11.6 Å². The zero-order valence-electron chi connectivity index (χ0n) is 15.7. The minimum absolute atomic E-state index is 0.0145. The predicted molar refractivity (Wildman–Crippen MR) is 112 cm³/mol. The van der Waals surface area contributed by atoms with E-state index >= 15 is 0 Å². The summed E-state index contributed by atoms with van der Waals surface area (Å²) >= 11 is 6.28. The predicted octanol–water partition coefficient (Wildman–Crippen LogP) is 2.89. The molecule has 152 valence electrons. The van der Waals surface area contributed by atoms with Gasteiger partial charge >= 0.3 is 0 Å². The Morgan fingerprint density at radius 2 is 2.00 bits per heavy atom. The molecule has 0 aliphatic carbocycles. The highest BCUT2D eigenvalue weighted by Gasteiger charge is 2.36. The molecule has 2 heterocycles. The van der Waals surface area contributed by atoms with Crippen LogP contribution in [0.15, 0.2) is 39.5 Å². The number of fused-ring (bicyclic) bond motifs is 1. The zero-order chi connectivity index (χ0) is 20.9. The number of aliphatic hydroxyl groups is 1. The maximum absolute atomic E-state index is 12.8. The fourth-order valence-electron chi connectivity index (χ4n) is 4.16. The molecule has 8 heteroatoms. The number of hydrogen-bond donors (Lipinski definition) is 4. The van der Waals surface area contributed by atoms with Crippen LogP contribution in [0.25, 0.3) is 22.3 Å². The molecule has 1 fully saturated rings. The molecule has 2 atom stereocenters. The summed E-state index contributed by atoms with van der Waals surface area (Å²) in [6.45, 7) is 0.599. The number of likely N-dealkylation sites (N-methyl/N-ethyl adjacent to an activating group) is 1. The summed E-state index contributed by atoms with van der Waals surface area (Å²) < 4.78 is 6.04. The van der Waals surface area contributed by atoms with Crippen molar-refractivity contribution >= 4 is 28.3 Å². The van der Waals surface area contributed by atoms with Crippen LogP contribution in [0.4, 0.5) is 5.69 Å². The van der Waals surface area contributed by atoms with Crippen molar-refractivity contribution in [1.29, 1.82) is 0 Å². The van der Waals surface area contributed by atoms with E-state index in [4.69, 9.17) is 21.8 Å². The van der Waals surface area contributed by atoms with Gasteiger partial charge in [-0.05, 0) is 38.2 Å². The number of halogens is 1. The molecule has 1 aliphatic heterocycles. The third-order valence-electron chi connectivity index (χ3n) is 5.64. The summed E-state index contributed by atoms with van der Waals surface area (Å²) in [5.74, 6) is -0.617. The first-order valence-corrected chi connectivity index (χ1v) is 9.58. The second kappa shape index (κ2) is 7.26. The van der Waals surface area contributed by atoms with Crippen LogP contribution >= 0.6 is 11.6 Å². The smallest absolute Gasteiger partial charge is 0.197 e. The van der Waals surface area contributed by atoms with Crippen molar-refractivity contribution in [2.75, 3.05) is 25.9 Å². The number of aliphatic hydroxyl groups excluding tert-OH is 1. The number of likely N-dealkylation sites (tertiary alicyclic amines) is 1. The minimum atomic E-state index is -0.459. The molecule has 1 saturated heterocycles. The Morgan fingerprint density at radius 3 is 2.69 bits per heavy atom. The van der Waals surface area contributed by atoms with E-state index in [1.54, 1.807) is 18.2 Å². The van der Waals surface area contributed by atoms with E-state index in [0.717, 1.165) is 6.07 Å². The van der Waals surface area contributed by atoms with Crippen molar-refractivity contribution in [3.8, 4) is 22.8 Å². The number of nitrogens with two attached hydrogens (primary N) is 1. The molecule has 0 radical (unpaired) electrons. The van der Waals surface area contributed by atoms with Crippen molar-refractivity contribution < 1.29 is 19.7 Å². The summed E-state index contributed by atoms with van der Waals surface area (Å²) in [6, 6.07) is 6.99. The van der Waals surface area contributed by atoms with E-state index in [9.17, 15) is 20.1 Å². The SMILES string of the molecule is CN1CC[C@H](c2c(O)cc(O)c3c(=O)cc(-c4ccc(N)cc4Cl)oc23)[C@H]1CO. The van der Waals surface area contributed by atoms with E-state index in [1.165, 1.54) is 6.07 Å². The molecule has 0 amide bonds. The highest BCUT2D eigenvalue weighted by molar-refractivity contribution is 6.33. The number of anilines is 1. The van der Waals surface area contributed by atoms with Crippen LogP contribution in [0.2, 0.25) is 5.02 Å². The van der Waals surface area contributed by atoms with Gasteiger partial charge in [-0.15, -0.1) is 0 Å². The first-order chi connectivity index (χ1) is 13.8. The number of benzene rings is 2. The van der Waals surface area contributed by atoms with E-state index < -0.39 is 5.43 Å². The second-order valence-corrected chi connectivity index (χ2v) is 7.78. The maximum Gasteiger partial charge on any atom is 0.197 e. The van der Waals surface area contributed by atoms with Crippen molar-refractivity contribution in [3.63, 3.8) is 0 Å². The standard InChI is InChI=1S/C21H21ClN2O5/c1-24-5-4-12(14(24)9-25)19-15(26)7-16(27)20-17(28)8-18(29-21(19)20)11-3-2-10(23)6-13(11)22/h2-3,6-8,12,14,25-27H,4-5,9,23H2,1H3/t12-,14+/m0/s1. The van der Waals surface area contributed by atoms with E-state index in [0.29, 0.717) is 34.8 Å². The number of rotatable bonds is 3. The van der Waals surface area contributed by atoms with E-state index in [2.05, 4.69) is 0 Å². The van der Waals surface area contributed by atoms with E-state index in [-0.39, 0.29) is 46.8 Å². The largest absolute Gasteiger partial charge is 0.507 e. The van der Waals surface area contributed by atoms with Crippen LogP contribution in [-0.2, 0) is 0 Å². The lowest BCUT2D eigenvalue weighted by Crippen LogP contribution is -2.32. The molecule has 7 nitrogen and oxygen atoms in total. The highest BCUT2D eigenvalue weighted by atomic mass is 35.5. The normalized spacial score (nSPS) is 19.8. The molecule has 2 aromatic carbocycles. The summed E-state index contributed by atoms with van der Waals surface area (Å²) in [7, 11) is 1.89. The van der Waals surface area contributed by atoms with Gasteiger partial charge in [0.25, 0.3) is 0 Å². The summed E-state index contributed by atoms with van der Waals surface area (Å²) in [5.41, 5.74) is 6.71. The number of nitrogens with zero attached hydrogens (tertiary/aromatic N) is 1. The average molecular weight is 417 g/mol. The van der Waals surface area contributed by atoms with Gasteiger partial charge in [-0.3, -0.25) is 4.79 Å². The van der Waals surface area contributed by atoms with Crippen LogP contribution in [-0.4, -0.2) is 46.5 Å². The molecule has 1 aliphatic rings. The molecule has 4 rings (SSSR count). The number of phenolic OH excluding ortho intramolecular Hbond substituents is 2. The van der Waals surface area contributed by atoms with Crippen LogP contribution < -0.4 is 11.2 Å². The number of aromatic hydroxyl groups is 2. The van der Waals surface area contributed by atoms with Crippen LogP contribution in [0.3, 0.4) is 0 Å². The maximum atomic E-state index is 12.8. The topological polar surface area (TPSA) is 120 Å². The monoisotopic (exact) mass is 416 g/mol. The number of nitrogen functional groups attached to an aromatic ring is 1. The van der Waals surface area contributed by atoms with Crippen molar-refractivity contribution in [3.05, 3.63) is 51.1 Å². The fourth-order valence-corrected chi connectivity index (χ4v) is 4.44. The minimum Gasteiger partial charge on any atom is -0.507 e. The van der Waals surface area contributed by atoms with Gasteiger partial charge in [-0.2, -0.15) is 0 Å². The van der Waals surface area contributed by atoms with E-state index in [1.807, 2.05) is 11.9 Å². The molecular formula is C21H21ClN2O5. The van der Waals surface area contributed by atoms with Gasteiger partial charge in [0.1, 0.15) is 28.2 Å². The lowest BCUT2D eigenvalue weighted by molar-refractivity contribution is 0.172. The molecule has 1 aromatic heterocycles. The second-order valence-electron chi connectivity index (χ2n) is 7.37. The van der Waals surface area contributed by atoms with Gasteiger partial charge in [0, 0.05) is 40.9 Å². The van der Waals surface area contributed by atoms with Gasteiger partial charge in [-0.25, -0.2) is 0 Å². The molecule has 0 saturated carbocycles. The number of hydrogen-bond acceptors (Lipinski definition) is 7. The molecule has 0 unspecified atom stereocenters. The van der Waals surface area contributed by atoms with Crippen molar-refractivity contribution in [2.45, 2.75) is 18.4 Å². The molecule has 0 spiro atoms. The first kappa shape index (κ1) is 19.6. The summed E-state index contributed by atoms with van der Waals surface area (Å²) in [5, 5.41) is 31.1. The van der Waals surface area contributed by atoms with Crippen molar-refractivity contribution in [1.82, 2.24) is 4.90 Å². The molecular weight excluding hydrogens is 396 g/mol. The number of phenols is 2. The third kappa shape index (κ3) is 3.21. The molecule has 5 N–H and O–H groups in total. The van der Waals surface area contributed by atoms with Gasteiger partial charge in [0.2, 0.25) is 0 Å². The zero-order valence-corrected chi connectivity index (χ0v) is 16.5. The fraction of sp³-hybridized carbons (Fsp3) is 0.286. The Hall–Kier alpha value is -2.74. The van der Waals surface area contributed by atoms with Crippen LogP contribution in [0.1, 0.15) is 17.9 Å². The summed E-state index contributed by atoms with van der Waals surface area (Å²) in [6.07, 6.45) is 0.658. The Morgan fingerprint density at radius 1 is 1.24 bits per heavy atom. The molecule has 0 bridgehead atoms. The quantitative estimate of drug-likeness (QED) is 0.484. The Bertz CT molecular complexity index is 1160. The van der Waals surface area contributed by atoms with Crippen molar-refractivity contribution in [2.24, 2.45) is 0 Å². The lowest BCUT2D eigenvalue weighted by Gasteiger charge is -2.24. The first-order valence-electron chi connectivity index (χ1n) is 9.21. The Balaban J connectivity index is 2.01. The van der Waals surface area contributed by atoms with Gasteiger partial charge < -0.3 is 30.4 Å². The van der Waals surface area contributed by atoms with Crippen LogP contribution in [0, 0.1) is 0 Å². The van der Waals surface area contributed by atoms with Gasteiger partial charge in [0.05, 0.1) is 11.6 Å². The lowest BCUT2D eigenvalue weighted by atomic mass is 9.89. The highest BCUT2D eigenvalue weighted by Crippen LogP contribution is 2.44. The Kier molecular flexibility index (Phi) is 4.90.